The molecule has 1 fully saturated rings. The summed E-state index contributed by atoms with van der Waals surface area (Å²) in [5.41, 5.74) is 1.08. The third kappa shape index (κ3) is 3.73. The van der Waals surface area contributed by atoms with Gasteiger partial charge in [0.2, 0.25) is 0 Å². The largest absolute Gasteiger partial charge is 0.391 e. The van der Waals surface area contributed by atoms with E-state index in [9.17, 15) is 5.11 Å². The predicted octanol–water partition coefficient (Wildman–Crippen LogP) is 3.99. The Morgan fingerprint density at radius 3 is 2.55 bits per heavy atom. The smallest absolute Gasteiger partial charge is 0.186 e. The maximum Gasteiger partial charge on any atom is 0.186 e. The van der Waals surface area contributed by atoms with Gasteiger partial charge in [-0.25, -0.2) is 4.98 Å². The standard InChI is InChI=1S/C16H28N2OS/c1-4-14-15(11-19)20-16(17-14)18(10-9-12(2)3)13-7-5-6-8-13/h12-13,19H,4-11H2,1-3H3. The minimum atomic E-state index is 0.128. The molecule has 0 radical (unpaired) electrons. The monoisotopic (exact) mass is 296 g/mol. The Morgan fingerprint density at radius 1 is 1.35 bits per heavy atom. The Kier molecular flexibility index (Phi) is 5.85. The van der Waals surface area contributed by atoms with Crippen LogP contribution >= 0.6 is 11.3 Å². The molecule has 4 heteroatoms. The van der Waals surface area contributed by atoms with Crippen LogP contribution in [0.5, 0.6) is 0 Å². The molecule has 0 aromatic carbocycles. The van der Waals surface area contributed by atoms with E-state index < -0.39 is 0 Å². The Bertz CT molecular complexity index is 389. The van der Waals surface area contributed by atoms with Gasteiger partial charge in [-0.3, -0.25) is 0 Å². The fraction of sp³-hybridized carbons (Fsp3) is 0.812. The molecule has 0 aliphatic heterocycles. The van der Waals surface area contributed by atoms with Gasteiger partial charge in [-0.2, -0.15) is 0 Å². The average Bonchev–Trinajstić information content (AvgIpc) is 3.07. The summed E-state index contributed by atoms with van der Waals surface area (Å²) in [7, 11) is 0. The summed E-state index contributed by atoms with van der Waals surface area (Å²) in [6.45, 7) is 7.91. The average molecular weight is 296 g/mol. The lowest BCUT2D eigenvalue weighted by Crippen LogP contribution is -2.34. The zero-order valence-corrected chi connectivity index (χ0v) is 13.9. The molecular formula is C16H28N2OS. The van der Waals surface area contributed by atoms with E-state index in [4.69, 9.17) is 4.98 Å². The third-order valence-electron chi connectivity index (χ3n) is 4.20. The van der Waals surface area contributed by atoms with Crippen molar-refractivity contribution in [3.05, 3.63) is 10.6 Å². The lowest BCUT2D eigenvalue weighted by Gasteiger charge is -2.29. The van der Waals surface area contributed by atoms with Crippen molar-refractivity contribution in [2.75, 3.05) is 11.4 Å². The second-order valence-electron chi connectivity index (χ2n) is 6.19. The highest BCUT2D eigenvalue weighted by Gasteiger charge is 2.25. The molecule has 1 aliphatic rings. The van der Waals surface area contributed by atoms with Crippen LogP contribution in [0.4, 0.5) is 5.13 Å². The number of aromatic nitrogens is 1. The minimum Gasteiger partial charge on any atom is -0.391 e. The van der Waals surface area contributed by atoms with Crippen LogP contribution in [0.2, 0.25) is 0 Å². The normalized spacial score (nSPS) is 16.2. The van der Waals surface area contributed by atoms with E-state index in [1.54, 1.807) is 11.3 Å². The number of thiazole rings is 1. The molecule has 0 amide bonds. The second kappa shape index (κ2) is 7.41. The fourth-order valence-corrected chi connectivity index (χ4v) is 4.05. The van der Waals surface area contributed by atoms with E-state index in [1.165, 1.54) is 32.1 Å². The van der Waals surface area contributed by atoms with E-state index in [2.05, 4.69) is 25.7 Å². The summed E-state index contributed by atoms with van der Waals surface area (Å²) < 4.78 is 0. The molecular weight excluding hydrogens is 268 g/mol. The molecule has 1 aromatic rings. The molecule has 20 heavy (non-hydrogen) atoms. The molecule has 1 aliphatic carbocycles. The molecule has 114 valence electrons. The molecule has 0 bridgehead atoms. The van der Waals surface area contributed by atoms with Crippen LogP contribution in [-0.4, -0.2) is 22.7 Å². The number of hydrogen-bond acceptors (Lipinski definition) is 4. The van der Waals surface area contributed by atoms with Crippen LogP contribution in [-0.2, 0) is 13.0 Å². The Balaban J connectivity index is 2.17. The number of aliphatic hydroxyl groups excluding tert-OH is 1. The summed E-state index contributed by atoms with van der Waals surface area (Å²) in [6.07, 6.45) is 7.42. The van der Waals surface area contributed by atoms with Gasteiger partial charge in [0, 0.05) is 12.6 Å². The highest BCUT2D eigenvalue weighted by Crippen LogP contribution is 2.33. The number of rotatable bonds is 7. The Labute approximate surface area is 127 Å². The maximum absolute atomic E-state index is 9.48. The number of nitrogens with zero attached hydrogens (tertiary/aromatic N) is 2. The first-order chi connectivity index (χ1) is 9.65. The van der Waals surface area contributed by atoms with Crippen molar-refractivity contribution in [2.24, 2.45) is 5.92 Å². The van der Waals surface area contributed by atoms with Crippen molar-refractivity contribution in [3.63, 3.8) is 0 Å². The number of aliphatic hydroxyl groups is 1. The Hall–Kier alpha value is -0.610. The first-order valence-electron chi connectivity index (χ1n) is 8.01. The Morgan fingerprint density at radius 2 is 2.05 bits per heavy atom. The SMILES string of the molecule is CCc1nc(N(CCC(C)C)C2CCCC2)sc1CO. The third-order valence-corrected chi connectivity index (χ3v) is 5.32. The fourth-order valence-electron chi connectivity index (χ4n) is 2.94. The van der Waals surface area contributed by atoms with Crippen molar-refractivity contribution in [3.8, 4) is 0 Å². The van der Waals surface area contributed by atoms with Crippen LogP contribution in [0.15, 0.2) is 0 Å². The zero-order chi connectivity index (χ0) is 14.5. The lowest BCUT2D eigenvalue weighted by molar-refractivity contribution is 0.284. The number of aryl methyl sites for hydroxylation is 1. The molecule has 3 nitrogen and oxygen atoms in total. The van der Waals surface area contributed by atoms with Crippen LogP contribution in [0, 0.1) is 5.92 Å². The topological polar surface area (TPSA) is 36.4 Å². The van der Waals surface area contributed by atoms with Gasteiger partial charge in [-0.15, -0.1) is 0 Å². The van der Waals surface area contributed by atoms with Gasteiger partial charge in [-0.05, 0) is 31.6 Å². The van der Waals surface area contributed by atoms with Crippen LogP contribution in [0.1, 0.15) is 63.4 Å². The van der Waals surface area contributed by atoms with Gasteiger partial charge in [0.25, 0.3) is 0 Å². The summed E-state index contributed by atoms with van der Waals surface area (Å²) in [5, 5.41) is 10.6. The maximum atomic E-state index is 9.48. The van der Waals surface area contributed by atoms with Gasteiger partial charge in [0.15, 0.2) is 5.13 Å². The second-order valence-corrected chi connectivity index (χ2v) is 7.25. The van der Waals surface area contributed by atoms with Crippen molar-refractivity contribution in [1.29, 1.82) is 0 Å². The predicted molar refractivity (Wildman–Crippen MR) is 86.5 cm³/mol. The molecule has 0 unspecified atom stereocenters. The van der Waals surface area contributed by atoms with E-state index in [1.807, 2.05) is 0 Å². The molecule has 0 atom stereocenters. The molecule has 1 heterocycles. The molecule has 1 N–H and O–H groups in total. The van der Waals surface area contributed by atoms with E-state index in [0.717, 1.165) is 34.6 Å². The van der Waals surface area contributed by atoms with E-state index >= 15 is 0 Å². The first-order valence-corrected chi connectivity index (χ1v) is 8.83. The summed E-state index contributed by atoms with van der Waals surface area (Å²) >= 11 is 1.70. The van der Waals surface area contributed by atoms with Gasteiger partial charge in [0.1, 0.15) is 0 Å². The molecule has 0 saturated heterocycles. The number of hydrogen-bond donors (Lipinski definition) is 1. The highest BCUT2D eigenvalue weighted by atomic mass is 32.1. The molecule has 1 saturated carbocycles. The van der Waals surface area contributed by atoms with Gasteiger partial charge < -0.3 is 10.0 Å². The first kappa shape index (κ1) is 15.8. The summed E-state index contributed by atoms with van der Waals surface area (Å²) in [5.74, 6) is 0.724. The van der Waals surface area contributed by atoms with Gasteiger partial charge in [-0.1, -0.05) is 44.9 Å². The van der Waals surface area contributed by atoms with Crippen molar-refractivity contribution >= 4 is 16.5 Å². The van der Waals surface area contributed by atoms with E-state index in [-0.39, 0.29) is 6.61 Å². The van der Waals surface area contributed by atoms with Crippen LogP contribution in [0.25, 0.3) is 0 Å². The summed E-state index contributed by atoms with van der Waals surface area (Å²) in [6, 6.07) is 0.663. The molecule has 0 spiro atoms. The van der Waals surface area contributed by atoms with Crippen molar-refractivity contribution in [2.45, 2.75) is 71.9 Å². The molecule has 1 aromatic heterocycles. The van der Waals surface area contributed by atoms with Crippen molar-refractivity contribution < 1.29 is 5.11 Å². The minimum absolute atomic E-state index is 0.128. The van der Waals surface area contributed by atoms with E-state index in [0.29, 0.717) is 6.04 Å². The van der Waals surface area contributed by atoms with Crippen LogP contribution in [0.3, 0.4) is 0 Å². The molecule has 2 rings (SSSR count). The zero-order valence-electron chi connectivity index (χ0n) is 13.1. The van der Waals surface area contributed by atoms with Gasteiger partial charge in [0.05, 0.1) is 17.2 Å². The summed E-state index contributed by atoms with van der Waals surface area (Å²) in [4.78, 5) is 8.38. The highest BCUT2D eigenvalue weighted by molar-refractivity contribution is 7.15. The number of anilines is 1. The van der Waals surface area contributed by atoms with Crippen LogP contribution < -0.4 is 4.90 Å². The van der Waals surface area contributed by atoms with Crippen molar-refractivity contribution in [1.82, 2.24) is 4.98 Å². The lowest BCUT2D eigenvalue weighted by atomic mass is 10.1. The van der Waals surface area contributed by atoms with Gasteiger partial charge >= 0.3 is 0 Å². The quantitative estimate of drug-likeness (QED) is 0.826.